The summed E-state index contributed by atoms with van der Waals surface area (Å²) in [5.74, 6) is 0.949. The second-order valence-corrected chi connectivity index (χ2v) is 6.19. The van der Waals surface area contributed by atoms with E-state index in [4.69, 9.17) is 4.52 Å². The van der Waals surface area contributed by atoms with E-state index in [0.717, 1.165) is 22.4 Å². The number of nitrogens with one attached hydrogen (secondary N) is 1. The highest BCUT2D eigenvalue weighted by Crippen LogP contribution is 2.20. The number of anilines is 1. The lowest BCUT2D eigenvalue weighted by Gasteiger charge is -2.10. The third-order valence-electron chi connectivity index (χ3n) is 4.09. The van der Waals surface area contributed by atoms with Gasteiger partial charge in [0.1, 0.15) is 0 Å². The predicted molar refractivity (Wildman–Crippen MR) is 97.3 cm³/mol. The van der Waals surface area contributed by atoms with Crippen LogP contribution in [0, 0.1) is 20.8 Å². The molecule has 128 valence electrons. The molecule has 0 unspecified atom stereocenters. The van der Waals surface area contributed by atoms with Crippen LogP contribution in [0.5, 0.6) is 0 Å². The van der Waals surface area contributed by atoms with Crippen LogP contribution >= 0.6 is 0 Å². The molecule has 1 heterocycles. The number of para-hydroxylation sites is 1. The van der Waals surface area contributed by atoms with Crippen molar-refractivity contribution < 1.29 is 9.32 Å². The fourth-order valence-corrected chi connectivity index (χ4v) is 2.61. The van der Waals surface area contributed by atoms with Crippen molar-refractivity contribution in [1.82, 2.24) is 10.1 Å². The van der Waals surface area contributed by atoms with Crippen LogP contribution in [0.25, 0.3) is 11.4 Å². The molecule has 0 saturated carbocycles. The summed E-state index contributed by atoms with van der Waals surface area (Å²) >= 11 is 0. The molecule has 0 aliphatic heterocycles. The van der Waals surface area contributed by atoms with Crippen molar-refractivity contribution in [3.8, 4) is 11.4 Å². The Hall–Kier alpha value is -2.95. The van der Waals surface area contributed by atoms with E-state index in [0.29, 0.717) is 24.6 Å². The molecular formula is C20H21N3O2. The molecule has 0 saturated heterocycles. The highest BCUT2D eigenvalue weighted by atomic mass is 16.5. The highest BCUT2D eigenvalue weighted by Gasteiger charge is 2.12. The third-order valence-corrected chi connectivity index (χ3v) is 4.09. The quantitative estimate of drug-likeness (QED) is 0.757. The van der Waals surface area contributed by atoms with Gasteiger partial charge in [-0.1, -0.05) is 53.2 Å². The fraction of sp³-hybridized carbons (Fsp3) is 0.250. The second kappa shape index (κ2) is 7.30. The van der Waals surface area contributed by atoms with Gasteiger partial charge in [-0.15, -0.1) is 0 Å². The molecule has 0 atom stereocenters. The summed E-state index contributed by atoms with van der Waals surface area (Å²) in [4.78, 5) is 16.6. The van der Waals surface area contributed by atoms with Crippen LogP contribution in [0.1, 0.15) is 29.0 Å². The van der Waals surface area contributed by atoms with Crippen molar-refractivity contribution in [1.29, 1.82) is 0 Å². The van der Waals surface area contributed by atoms with Gasteiger partial charge in [0.05, 0.1) is 0 Å². The van der Waals surface area contributed by atoms with E-state index in [2.05, 4.69) is 15.5 Å². The Balaban J connectivity index is 1.60. The molecule has 0 bridgehead atoms. The van der Waals surface area contributed by atoms with Crippen LogP contribution < -0.4 is 5.32 Å². The second-order valence-electron chi connectivity index (χ2n) is 6.19. The van der Waals surface area contributed by atoms with E-state index < -0.39 is 0 Å². The number of aromatic nitrogens is 2. The fourth-order valence-electron chi connectivity index (χ4n) is 2.61. The number of hydrogen-bond acceptors (Lipinski definition) is 4. The number of rotatable bonds is 5. The Morgan fingerprint density at radius 3 is 2.40 bits per heavy atom. The molecule has 1 amide bonds. The van der Waals surface area contributed by atoms with Crippen LogP contribution in [0.4, 0.5) is 5.69 Å². The van der Waals surface area contributed by atoms with Gasteiger partial charge in [0.15, 0.2) is 0 Å². The molecule has 5 nitrogen and oxygen atoms in total. The normalized spacial score (nSPS) is 10.7. The molecule has 0 aliphatic rings. The van der Waals surface area contributed by atoms with Crippen LogP contribution in [-0.4, -0.2) is 16.0 Å². The van der Waals surface area contributed by atoms with Gasteiger partial charge in [-0.25, -0.2) is 0 Å². The minimum atomic E-state index is -0.0625. The van der Waals surface area contributed by atoms with Crippen LogP contribution in [0.2, 0.25) is 0 Å². The Morgan fingerprint density at radius 2 is 1.72 bits per heavy atom. The van der Waals surface area contributed by atoms with Crippen molar-refractivity contribution in [3.05, 3.63) is 65.0 Å². The largest absolute Gasteiger partial charge is 0.339 e. The highest BCUT2D eigenvalue weighted by molar-refractivity contribution is 5.92. The zero-order valence-electron chi connectivity index (χ0n) is 14.7. The lowest BCUT2D eigenvalue weighted by Crippen LogP contribution is -2.14. The molecule has 0 aliphatic carbocycles. The van der Waals surface area contributed by atoms with Crippen molar-refractivity contribution in [3.63, 3.8) is 0 Å². The zero-order chi connectivity index (χ0) is 17.8. The monoisotopic (exact) mass is 335 g/mol. The van der Waals surface area contributed by atoms with Gasteiger partial charge in [-0.05, 0) is 31.9 Å². The summed E-state index contributed by atoms with van der Waals surface area (Å²) in [5.41, 5.74) is 5.05. The first-order valence-corrected chi connectivity index (χ1v) is 8.28. The first-order valence-electron chi connectivity index (χ1n) is 8.28. The third kappa shape index (κ3) is 4.12. The number of hydrogen-bond donors (Lipinski definition) is 1. The summed E-state index contributed by atoms with van der Waals surface area (Å²) in [6.45, 7) is 5.99. The van der Waals surface area contributed by atoms with Gasteiger partial charge < -0.3 is 9.84 Å². The van der Waals surface area contributed by atoms with Crippen molar-refractivity contribution in [2.45, 2.75) is 33.6 Å². The summed E-state index contributed by atoms with van der Waals surface area (Å²) in [7, 11) is 0. The molecule has 0 spiro atoms. The van der Waals surface area contributed by atoms with Gasteiger partial charge in [0, 0.05) is 24.1 Å². The van der Waals surface area contributed by atoms with E-state index in [1.54, 1.807) is 0 Å². The van der Waals surface area contributed by atoms with E-state index >= 15 is 0 Å². The summed E-state index contributed by atoms with van der Waals surface area (Å²) < 4.78 is 5.26. The molecular weight excluding hydrogens is 314 g/mol. The minimum Gasteiger partial charge on any atom is -0.339 e. The standard InChI is InChI=1S/C20H21N3O2/c1-13-7-9-16(10-8-13)20-22-18(25-23-20)12-11-17(24)21-19-14(2)5-4-6-15(19)3/h4-10H,11-12H2,1-3H3,(H,21,24). The number of aryl methyl sites for hydroxylation is 4. The molecule has 0 radical (unpaired) electrons. The van der Waals surface area contributed by atoms with Gasteiger partial charge in [-0.3, -0.25) is 4.79 Å². The van der Waals surface area contributed by atoms with E-state index in [1.165, 1.54) is 5.56 Å². The topological polar surface area (TPSA) is 68.0 Å². The SMILES string of the molecule is Cc1ccc(-c2noc(CCC(=O)Nc3c(C)cccc3C)n2)cc1. The zero-order valence-corrected chi connectivity index (χ0v) is 14.7. The van der Waals surface area contributed by atoms with Gasteiger partial charge >= 0.3 is 0 Å². The Bertz CT molecular complexity index is 862. The molecule has 25 heavy (non-hydrogen) atoms. The maximum Gasteiger partial charge on any atom is 0.227 e. The summed E-state index contributed by atoms with van der Waals surface area (Å²) in [5, 5.41) is 6.95. The number of carbonyl (C=O) groups excluding carboxylic acids is 1. The summed E-state index contributed by atoms with van der Waals surface area (Å²) in [6.07, 6.45) is 0.707. The molecule has 2 aromatic carbocycles. The lowest BCUT2D eigenvalue weighted by molar-refractivity contribution is -0.116. The number of benzene rings is 2. The van der Waals surface area contributed by atoms with Crippen LogP contribution in [-0.2, 0) is 11.2 Å². The molecule has 3 rings (SSSR count). The molecule has 0 fully saturated rings. The summed E-state index contributed by atoms with van der Waals surface area (Å²) in [6, 6.07) is 13.9. The molecule has 5 heteroatoms. The number of amides is 1. The first-order chi connectivity index (χ1) is 12.0. The van der Waals surface area contributed by atoms with Crippen molar-refractivity contribution >= 4 is 11.6 Å². The van der Waals surface area contributed by atoms with Crippen LogP contribution in [0.15, 0.2) is 47.0 Å². The Morgan fingerprint density at radius 1 is 1.04 bits per heavy atom. The van der Waals surface area contributed by atoms with Gasteiger partial charge in [0.25, 0.3) is 0 Å². The average Bonchev–Trinajstić information content (AvgIpc) is 3.06. The first kappa shape index (κ1) is 16.9. The molecule has 3 aromatic rings. The van der Waals surface area contributed by atoms with E-state index in [-0.39, 0.29) is 5.91 Å². The van der Waals surface area contributed by atoms with E-state index in [9.17, 15) is 4.79 Å². The van der Waals surface area contributed by atoms with Crippen molar-refractivity contribution in [2.24, 2.45) is 0 Å². The molecule has 1 N–H and O–H groups in total. The number of nitrogens with zero attached hydrogens (tertiary/aromatic N) is 2. The number of carbonyl (C=O) groups is 1. The average molecular weight is 335 g/mol. The Labute approximate surface area is 147 Å². The van der Waals surface area contributed by atoms with Gasteiger partial charge in [-0.2, -0.15) is 4.98 Å². The van der Waals surface area contributed by atoms with E-state index in [1.807, 2.05) is 63.2 Å². The Kier molecular flexibility index (Phi) is 4.93. The lowest BCUT2D eigenvalue weighted by atomic mass is 10.1. The minimum absolute atomic E-state index is 0.0625. The van der Waals surface area contributed by atoms with Crippen LogP contribution in [0.3, 0.4) is 0 Å². The smallest absolute Gasteiger partial charge is 0.227 e. The van der Waals surface area contributed by atoms with Gasteiger partial charge in [0.2, 0.25) is 17.6 Å². The van der Waals surface area contributed by atoms with Crippen molar-refractivity contribution in [2.75, 3.05) is 5.32 Å². The maximum atomic E-state index is 12.2. The maximum absolute atomic E-state index is 12.2. The molecule has 1 aromatic heterocycles. The predicted octanol–water partition coefficient (Wildman–Crippen LogP) is 4.23.